The van der Waals surface area contributed by atoms with Gasteiger partial charge in [0.1, 0.15) is 0 Å². The number of allylic oxidation sites excluding steroid dienone is 3. The van der Waals surface area contributed by atoms with E-state index >= 15 is 0 Å². The Kier molecular flexibility index (Phi) is 3.26. The molecule has 2 atom stereocenters. The predicted octanol–water partition coefficient (Wildman–Crippen LogP) is 3.57. The van der Waals surface area contributed by atoms with E-state index in [0.717, 1.165) is 30.4 Å². The minimum absolute atomic E-state index is 0.00903. The summed E-state index contributed by atoms with van der Waals surface area (Å²) < 4.78 is 5.78. The van der Waals surface area contributed by atoms with Gasteiger partial charge >= 0.3 is 0 Å². The van der Waals surface area contributed by atoms with Crippen molar-refractivity contribution in [2.75, 3.05) is 0 Å². The van der Waals surface area contributed by atoms with Crippen LogP contribution in [-0.2, 0) is 9.53 Å². The van der Waals surface area contributed by atoms with Gasteiger partial charge < -0.3 is 4.74 Å². The molecule has 1 heterocycles. The van der Waals surface area contributed by atoms with Gasteiger partial charge in [0.25, 0.3) is 0 Å². The highest BCUT2D eigenvalue weighted by molar-refractivity contribution is 5.97. The second-order valence-corrected chi connectivity index (χ2v) is 5.79. The van der Waals surface area contributed by atoms with Crippen LogP contribution >= 0.6 is 0 Å². The average Bonchev–Trinajstić information content (AvgIpc) is 2.84. The summed E-state index contributed by atoms with van der Waals surface area (Å²) in [5, 5.41) is 0. The number of ketones is 1. The van der Waals surface area contributed by atoms with Crippen molar-refractivity contribution < 1.29 is 9.53 Å². The topological polar surface area (TPSA) is 29.6 Å². The zero-order chi connectivity index (χ0) is 12.6. The van der Waals surface area contributed by atoms with Gasteiger partial charge in [-0.3, -0.25) is 4.79 Å². The third-order valence-electron chi connectivity index (χ3n) is 3.94. The highest BCUT2D eigenvalue weighted by atomic mass is 16.6. The molecule has 0 aromatic carbocycles. The lowest BCUT2D eigenvalue weighted by atomic mass is 9.89. The van der Waals surface area contributed by atoms with E-state index in [9.17, 15) is 4.79 Å². The fraction of sp³-hybridized carbons (Fsp3) is 0.667. The van der Waals surface area contributed by atoms with Gasteiger partial charge in [0.2, 0.25) is 0 Å². The summed E-state index contributed by atoms with van der Waals surface area (Å²) in [6, 6.07) is 0. The van der Waals surface area contributed by atoms with Crippen molar-refractivity contribution in [1.29, 1.82) is 0 Å². The predicted molar refractivity (Wildman–Crippen MR) is 68.9 cm³/mol. The Balaban J connectivity index is 2.25. The van der Waals surface area contributed by atoms with E-state index in [2.05, 4.69) is 19.9 Å². The first-order valence-electron chi connectivity index (χ1n) is 6.45. The number of carbonyl (C=O) groups is 1. The fourth-order valence-electron chi connectivity index (χ4n) is 2.59. The second-order valence-electron chi connectivity index (χ2n) is 5.79. The van der Waals surface area contributed by atoms with Gasteiger partial charge in [0, 0.05) is 12.8 Å². The minimum Gasteiger partial charge on any atom is -0.366 e. The Morgan fingerprint density at radius 3 is 2.82 bits per heavy atom. The van der Waals surface area contributed by atoms with Crippen molar-refractivity contribution in [3.8, 4) is 0 Å². The molecule has 2 nitrogen and oxygen atoms in total. The maximum absolute atomic E-state index is 12.2. The minimum atomic E-state index is 0.00903. The molecule has 0 aromatic rings. The molecule has 0 saturated carbocycles. The molecule has 1 aliphatic carbocycles. The van der Waals surface area contributed by atoms with Gasteiger partial charge in [-0.25, -0.2) is 0 Å². The van der Waals surface area contributed by atoms with E-state index in [-0.39, 0.29) is 17.5 Å². The number of fused-ring (bicyclic) bond motifs is 1. The molecule has 0 radical (unpaired) electrons. The lowest BCUT2D eigenvalue weighted by molar-refractivity contribution is -0.115. The number of hydrogen-bond acceptors (Lipinski definition) is 2. The Labute approximate surface area is 104 Å². The Hall–Kier alpha value is -0.890. The van der Waals surface area contributed by atoms with Crippen molar-refractivity contribution in [3.05, 3.63) is 22.8 Å². The molecular formula is C15H22O2. The first-order valence-corrected chi connectivity index (χ1v) is 6.45. The van der Waals surface area contributed by atoms with Gasteiger partial charge in [0.05, 0.1) is 11.7 Å². The molecule has 0 aromatic heterocycles. The van der Waals surface area contributed by atoms with E-state index < -0.39 is 0 Å². The fourth-order valence-corrected chi connectivity index (χ4v) is 2.59. The molecule has 2 heteroatoms. The van der Waals surface area contributed by atoms with Gasteiger partial charge in [0.15, 0.2) is 5.78 Å². The molecule has 2 aliphatic rings. The summed E-state index contributed by atoms with van der Waals surface area (Å²) in [7, 11) is 0. The lowest BCUT2D eigenvalue weighted by Crippen LogP contribution is -2.15. The normalized spacial score (nSPS) is 36.9. The van der Waals surface area contributed by atoms with Crippen LogP contribution in [0.3, 0.4) is 0 Å². The molecule has 1 saturated heterocycles. The highest BCUT2D eigenvalue weighted by Crippen LogP contribution is 2.45. The molecule has 0 unspecified atom stereocenters. The molecular weight excluding hydrogens is 212 g/mol. The summed E-state index contributed by atoms with van der Waals surface area (Å²) in [5.41, 5.74) is 3.32. The molecule has 0 amide bonds. The number of Topliss-reactive ketones (excluding diaryl/α,β-unsaturated/α-hetero) is 1. The van der Waals surface area contributed by atoms with Gasteiger partial charge in [-0.2, -0.15) is 0 Å². The molecule has 0 N–H and O–H groups in total. The third kappa shape index (κ3) is 2.68. The smallest absolute Gasteiger partial charge is 0.162 e. The Morgan fingerprint density at radius 1 is 1.47 bits per heavy atom. The van der Waals surface area contributed by atoms with Crippen molar-refractivity contribution >= 4 is 5.78 Å². The number of ether oxygens (including phenoxy) is 1. The first-order chi connectivity index (χ1) is 7.92. The van der Waals surface area contributed by atoms with Crippen LogP contribution in [0.15, 0.2) is 22.8 Å². The van der Waals surface area contributed by atoms with Crippen LogP contribution in [0.4, 0.5) is 0 Å². The number of rotatable bonds is 0. The van der Waals surface area contributed by atoms with E-state index in [4.69, 9.17) is 4.74 Å². The summed E-state index contributed by atoms with van der Waals surface area (Å²) >= 11 is 0. The van der Waals surface area contributed by atoms with Crippen LogP contribution in [0.25, 0.3) is 0 Å². The Bertz CT molecular complexity index is 399. The number of carbonyl (C=O) groups excluding carboxylic acids is 1. The van der Waals surface area contributed by atoms with Gasteiger partial charge in [-0.15, -0.1) is 0 Å². The van der Waals surface area contributed by atoms with E-state index in [1.165, 1.54) is 5.57 Å². The van der Waals surface area contributed by atoms with Crippen LogP contribution in [-0.4, -0.2) is 17.5 Å². The van der Waals surface area contributed by atoms with Crippen molar-refractivity contribution in [1.82, 2.24) is 0 Å². The molecule has 2 rings (SSSR count). The molecule has 94 valence electrons. The van der Waals surface area contributed by atoms with Crippen LogP contribution in [0.5, 0.6) is 0 Å². The summed E-state index contributed by atoms with van der Waals surface area (Å²) in [6.45, 7) is 8.26. The third-order valence-corrected chi connectivity index (χ3v) is 3.94. The summed E-state index contributed by atoms with van der Waals surface area (Å²) in [6.07, 6.45) is 5.91. The van der Waals surface area contributed by atoms with E-state index in [1.54, 1.807) is 0 Å². The monoisotopic (exact) mass is 234 g/mol. The maximum Gasteiger partial charge on any atom is 0.162 e. The largest absolute Gasteiger partial charge is 0.366 e. The van der Waals surface area contributed by atoms with Gasteiger partial charge in [-0.05, 0) is 46.1 Å². The van der Waals surface area contributed by atoms with Crippen LogP contribution in [0, 0.1) is 0 Å². The van der Waals surface area contributed by atoms with Crippen LogP contribution in [0.1, 0.15) is 53.4 Å². The number of epoxide rings is 1. The average molecular weight is 234 g/mol. The summed E-state index contributed by atoms with van der Waals surface area (Å²) in [4.78, 5) is 12.2. The molecule has 0 bridgehead atoms. The number of hydrogen-bond donors (Lipinski definition) is 0. The van der Waals surface area contributed by atoms with E-state index in [0.29, 0.717) is 6.42 Å². The van der Waals surface area contributed by atoms with Crippen LogP contribution < -0.4 is 0 Å². The highest BCUT2D eigenvalue weighted by Gasteiger charge is 2.51. The van der Waals surface area contributed by atoms with Crippen molar-refractivity contribution in [2.45, 2.75) is 65.1 Å². The quantitative estimate of drug-likeness (QED) is 0.364. The van der Waals surface area contributed by atoms with Crippen LogP contribution in [0.2, 0.25) is 0 Å². The molecule has 1 aliphatic heterocycles. The standard InChI is InChI=1S/C15H22O2/c1-10(2)12-9-14-15(4,17-14)7-5-6-11(3)8-13(12)16/h6,14H,5,7-9H2,1-4H3/b11-6+/t14-,15+/m0/s1. The SMILES string of the molecule is CC(C)=C1C[C@@H]2O[C@]2(C)CC/C=C(\C)CC1=O. The van der Waals surface area contributed by atoms with Crippen molar-refractivity contribution in [3.63, 3.8) is 0 Å². The summed E-state index contributed by atoms with van der Waals surface area (Å²) in [5.74, 6) is 0.276. The van der Waals surface area contributed by atoms with E-state index in [1.807, 2.05) is 13.8 Å². The zero-order valence-corrected chi connectivity index (χ0v) is 11.3. The van der Waals surface area contributed by atoms with Gasteiger partial charge in [-0.1, -0.05) is 17.2 Å². The first kappa shape index (κ1) is 12.6. The maximum atomic E-state index is 12.2. The second kappa shape index (κ2) is 4.41. The zero-order valence-electron chi connectivity index (χ0n) is 11.3. The molecule has 1 fully saturated rings. The van der Waals surface area contributed by atoms with Crippen molar-refractivity contribution in [2.24, 2.45) is 0 Å². The molecule has 17 heavy (non-hydrogen) atoms. The molecule has 0 spiro atoms. The lowest BCUT2D eigenvalue weighted by Gasteiger charge is -2.12. The Morgan fingerprint density at radius 2 is 2.18 bits per heavy atom.